The van der Waals surface area contributed by atoms with Gasteiger partial charge in [-0.05, 0) is 69.8 Å². The van der Waals surface area contributed by atoms with Crippen LogP contribution in [0.15, 0.2) is 24.3 Å². The molecular formula is C18H29NO3. The molecule has 0 spiro atoms. The number of carboxylic acids is 1. The van der Waals surface area contributed by atoms with E-state index in [9.17, 15) is 4.79 Å². The molecule has 1 aromatic rings. The van der Waals surface area contributed by atoms with E-state index in [1.807, 2.05) is 18.2 Å². The first-order valence-electron chi connectivity index (χ1n) is 8.03. The van der Waals surface area contributed by atoms with Crippen molar-refractivity contribution in [3.05, 3.63) is 29.8 Å². The van der Waals surface area contributed by atoms with Gasteiger partial charge >= 0.3 is 5.97 Å². The summed E-state index contributed by atoms with van der Waals surface area (Å²) in [6.07, 6.45) is 3.36. The first kappa shape index (κ1) is 18.5. The molecule has 0 aliphatic rings. The standard InChI is InChI=1S/C18H29NO3/c1-14(2)7-6-11-19-12-10-15-8-5-9-16(13-15)22-18(3,4)17(20)21/h5,8-9,13-14,19H,6-7,10-12H2,1-4H3,(H,20,21). The number of nitrogens with one attached hydrogen (secondary N) is 1. The maximum Gasteiger partial charge on any atom is 0.347 e. The van der Waals surface area contributed by atoms with Gasteiger partial charge in [-0.2, -0.15) is 0 Å². The van der Waals surface area contributed by atoms with Crippen molar-refractivity contribution in [1.29, 1.82) is 0 Å². The molecule has 2 N–H and O–H groups in total. The molecule has 0 amide bonds. The number of hydrogen-bond donors (Lipinski definition) is 2. The topological polar surface area (TPSA) is 58.6 Å². The van der Waals surface area contributed by atoms with Gasteiger partial charge in [0.15, 0.2) is 5.60 Å². The van der Waals surface area contributed by atoms with Crippen LogP contribution in [0.5, 0.6) is 5.75 Å². The summed E-state index contributed by atoms with van der Waals surface area (Å²) in [4.78, 5) is 11.1. The van der Waals surface area contributed by atoms with Crippen LogP contribution in [0.2, 0.25) is 0 Å². The third-order valence-electron chi connectivity index (χ3n) is 3.51. The second kappa shape index (κ2) is 8.79. The van der Waals surface area contributed by atoms with Gasteiger partial charge in [-0.1, -0.05) is 26.0 Å². The fourth-order valence-corrected chi connectivity index (χ4v) is 2.10. The van der Waals surface area contributed by atoms with Gasteiger partial charge in [-0.25, -0.2) is 4.79 Å². The molecule has 4 heteroatoms. The Morgan fingerprint density at radius 1 is 1.32 bits per heavy atom. The Morgan fingerprint density at radius 3 is 2.68 bits per heavy atom. The predicted octanol–water partition coefficient (Wildman–Crippen LogP) is 3.50. The molecule has 4 nitrogen and oxygen atoms in total. The highest BCUT2D eigenvalue weighted by Crippen LogP contribution is 2.20. The Labute approximate surface area is 133 Å². The summed E-state index contributed by atoms with van der Waals surface area (Å²) in [6.45, 7) is 9.55. The summed E-state index contributed by atoms with van der Waals surface area (Å²) in [5, 5.41) is 12.5. The largest absolute Gasteiger partial charge is 0.478 e. The van der Waals surface area contributed by atoms with Gasteiger partial charge in [-0.3, -0.25) is 0 Å². The summed E-state index contributed by atoms with van der Waals surface area (Å²) in [6, 6.07) is 7.66. The number of rotatable bonds is 10. The molecule has 0 bridgehead atoms. The molecular weight excluding hydrogens is 278 g/mol. The average molecular weight is 307 g/mol. The summed E-state index contributed by atoms with van der Waals surface area (Å²) < 4.78 is 5.56. The average Bonchev–Trinajstić information content (AvgIpc) is 2.42. The van der Waals surface area contributed by atoms with Crippen LogP contribution in [0, 0.1) is 5.92 Å². The van der Waals surface area contributed by atoms with Crippen LogP contribution in [0.3, 0.4) is 0 Å². The van der Waals surface area contributed by atoms with E-state index < -0.39 is 11.6 Å². The maximum absolute atomic E-state index is 11.1. The van der Waals surface area contributed by atoms with Crippen molar-refractivity contribution in [2.75, 3.05) is 13.1 Å². The fraction of sp³-hybridized carbons (Fsp3) is 0.611. The summed E-state index contributed by atoms with van der Waals surface area (Å²) in [5.74, 6) is 0.391. The third kappa shape index (κ3) is 6.94. The van der Waals surface area contributed by atoms with Crippen LogP contribution in [0.4, 0.5) is 0 Å². The van der Waals surface area contributed by atoms with Crippen LogP contribution >= 0.6 is 0 Å². The normalized spacial score (nSPS) is 11.7. The molecule has 0 saturated heterocycles. The SMILES string of the molecule is CC(C)CCCNCCc1cccc(OC(C)(C)C(=O)O)c1. The number of hydrogen-bond acceptors (Lipinski definition) is 3. The summed E-state index contributed by atoms with van der Waals surface area (Å²) in [7, 11) is 0. The second-order valence-electron chi connectivity index (χ2n) is 6.60. The van der Waals surface area contributed by atoms with Crippen LogP contribution in [-0.4, -0.2) is 29.8 Å². The Hall–Kier alpha value is -1.55. The lowest BCUT2D eigenvalue weighted by Gasteiger charge is -2.21. The van der Waals surface area contributed by atoms with Gasteiger partial charge in [-0.15, -0.1) is 0 Å². The molecule has 1 aromatic carbocycles. The highest BCUT2D eigenvalue weighted by atomic mass is 16.5. The van der Waals surface area contributed by atoms with E-state index in [-0.39, 0.29) is 0 Å². The molecule has 0 heterocycles. The zero-order chi connectivity index (χ0) is 16.6. The van der Waals surface area contributed by atoms with Gasteiger partial charge in [0.05, 0.1) is 0 Å². The minimum Gasteiger partial charge on any atom is -0.478 e. The zero-order valence-electron chi connectivity index (χ0n) is 14.2. The Bertz CT molecular complexity index is 469. The fourth-order valence-electron chi connectivity index (χ4n) is 2.10. The van der Waals surface area contributed by atoms with Crippen molar-refractivity contribution >= 4 is 5.97 Å². The van der Waals surface area contributed by atoms with Crippen molar-refractivity contribution in [1.82, 2.24) is 5.32 Å². The lowest BCUT2D eigenvalue weighted by Crippen LogP contribution is -2.37. The number of carbonyl (C=O) groups is 1. The van der Waals surface area contributed by atoms with Crippen LogP contribution in [0.25, 0.3) is 0 Å². The monoisotopic (exact) mass is 307 g/mol. The zero-order valence-corrected chi connectivity index (χ0v) is 14.2. The first-order valence-corrected chi connectivity index (χ1v) is 8.03. The van der Waals surface area contributed by atoms with Gasteiger partial charge in [0.25, 0.3) is 0 Å². The van der Waals surface area contributed by atoms with Gasteiger partial charge in [0, 0.05) is 0 Å². The van der Waals surface area contributed by atoms with Crippen molar-refractivity contribution in [2.24, 2.45) is 5.92 Å². The highest BCUT2D eigenvalue weighted by Gasteiger charge is 2.29. The summed E-state index contributed by atoms with van der Waals surface area (Å²) >= 11 is 0. The second-order valence-corrected chi connectivity index (χ2v) is 6.60. The Morgan fingerprint density at radius 2 is 2.05 bits per heavy atom. The third-order valence-corrected chi connectivity index (χ3v) is 3.51. The lowest BCUT2D eigenvalue weighted by molar-refractivity contribution is -0.152. The first-order chi connectivity index (χ1) is 10.3. The quantitative estimate of drug-likeness (QED) is 0.650. The van der Waals surface area contributed by atoms with Crippen LogP contribution in [-0.2, 0) is 11.2 Å². The van der Waals surface area contributed by atoms with E-state index in [2.05, 4.69) is 19.2 Å². The van der Waals surface area contributed by atoms with E-state index in [4.69, 9.17) is 9.84 Å². The molecule has 124 valence electrons. The number of ether oxygens (including phenoxy) is 1. The molecule has 0 aromatic heterocycles. The van der Waals surface area contributed by atoms with E-state index >= 15 is 0 Å². The predicted molar refractivity (Wildman–Crippen MR) is 89.4 cm³/mol. The van der Waals surface area contributed by atoms with E-state index in [0.29, 0.717) is 5.75 Å². The van der Waals surface area contributed by atoms with Gasteiger partial charge < -0.3 is 15.2 Å². The van der Waals surface area contributed by atoms with Crippen molar-refractivity contribution in [3.8, 4) is 5.75 Å². The van der Waals surface area contributed by atoms with Gasteiger partial charge in [0.2, 0.25) is 0 Å². The molecule has 0 aliphatic heterocycles. The lowest BCUT2D eigenvalue weighted by atomic mass is 10.1. The summed E-state index contributed by atoms with van der Waals surface area (Å²) in [5.41, 5.74) is -0.0664. The van der Waals surface area contributed by atoms with Gasteiger partial charge in [0.1, 0.15) is 5.75 Å². The van der Waals surface area contributed by atoms with Crippen LogP contribution in [0.1, 0.15) is 46.1 Å². The molecule has 1 rings (SSSR count). The van der Waals surface area contributed by atoms with Crippen molar-refractivity contribution < 1.29 is 14.6 Å². The van der Waals surface area contributed by atoms with E-state index in [1.165, 1.54) is 12.8 Å². The molecule has 0 atom stereocenters. The highest BCUT2D eigenvalue weighted by molar-refractivity contribution is 5.76. The van der Waals surface area contributed by atoms with Crippen molar-refractivity contribution in [2.45, 2.75) is 52.6 Å². The smallest absolute Gasteiger partial charge is 0.347 e. The molecule has 22 heavy (non-hydrogen) atoms. The Balaban J connectivity index is 2.40. The minimum atomic E-state index is -1.21. The maximum atomic E-state index is 11.1. The molecule has 0 saturated carbocycles. The van der Waals surface area contributed by atoms with E-state index in [1.54, 1.807) is 19.9 Å². The molecule has 0 radical (unpaired) electrons. The number of aliphatic carboxylic acids is 1. The molecule has 0 aliphatic carbocycles. The molecule has 0 fully saturated rings. The minimum absolute atomic E-state index is 0.602. The number of carboxylic acid groups (broad SMARTS) is 1. The van der Waals surface area contributed by atoms with Crippen LogP contribution < -0.4 is 10.1 Å². The van der Waals surface area contributed by atoms with E-state index in [0.717, 1.165) is 31.0 Å². The Kier molecular flexibility index (Phi) is 7.39. The number of benzene rings is 1. The molecule has 0 unspecified atom stereocenters. The van der Waals surface area contributed by atoms with Crippen molar-refractivity contribution in [3.63, 3.8) is 0 Å².